The molecule has 190 valence electrons. The quantitative estimate of drug-likeness (QED) is 0.296. The van der Waals surface area contributed by atoms with Crippen molar-refractivity contribution in [3.05, 3.63) is 113 Å². The van der Waals surface area contributed by atoms with Crippen LogP contribution in [0.25, 0.3) is 22.3 Å². The summed E-state index contributed by atoms with van der Waals surface area (Å²) in [7, 11) is 0. The van der Waals surface area contributed by atoms with Gasteiger partial charge in [-0.15, -0.1) is 10.2 Å². The van der Waals surface area contributed by atoms with Gasteiger partial charge >= 0.3 is 5.69 Å². The van der Waals surface area contributed by atoms with E-state index >= 15 is 0 Å². The maximum Gasteiger partial charge on any atom is 0.326 e. The summed E-state index contributed by atoms with van der Waals surface area (Å²) in [5.74, 6) is 0.736. The number of H-pyrrole nitrogens is 1. The highest BCUT2D eigenvalue weighted by Crippen LogP contribution is 2.27. The fourth-order valence-corrected chi connectivity index (χ4v) is 5.81. The van der Waals surface area contributed by atoms with Crippen LogP contribution in [0.15, 0.2) is 101 Å². The van der Waals surface area contributed by atoms with E-state index in [9.17, 15) is 9.59 Å². The molecule has 0 saturated carbocycles. The number of aromatic nitrogens is 4. The molecule has 1 aliphatic rings. The molecular formula is C30H27N5O2S. The maximum atomic E-state index is 13.3. The molecule has 6 rings (SSSR count). The Morgan fingerprint density at radius 1 is 0.895 bits per heavy atom. The average molecular weight is 522 g/mol. The monoisotopic (exact) mass is 521 g/mol. The second-order valence-corrected chi connectivity index (χ2v) is 10.4. The van der Waals surface area contributed by atoms with Gasteiger partial charge in [-0.2, -0.15) is 0 Å². The Hall–Kier alpha value is -4.17. The second-order valence-electron chi connectivity index (χ2n) is 9.45. The number of benzene rings is 3. The third kappa shape index (κ3) is 4.99. The lowest BCUT2D eigenvalue weighted by Crippen LogP contribution is -2.40. The number of hydrogen-bond acceptors (Lipinski definition) is 5. The number of likely N-dealkylation sites (tertiary alicyclic amines) is 1. The van der Waals surface area contributed by atoms with Crippen LogP contribution >= 0.6 is 11.8 Å². The average Bonchev–Trinajstić information content (AvgIpc) is 3.32. The van der Waals surface area contributed by atoms with Crippen LogP contribution in [0.1, 0.15) is 34.8 Å². The zero-order chi connectivity index (χ0) is 25.9. The van der Waals surface area contributed by atoms with Crippen molar-refractivity contribution in [3.63, 3.8) is 0 Å². The van der Waals surface area contributed by atoms with E-state index in [1.807, 2.05) is 100 Å². The number of carbonyl (C=O) groups excluding carboxylic acids is 1. The summed E-state index contributed by atoms with van der Waals surface area (Å²) in [5.41, 5.74) is 5.34. The molecule has 3 heterocycles. The number of para-hydroxylation sites is 2. The van der Waals surface area contributed by atoms with Gasteiger partial charge in [-0.25, -0.2) is 4.79 Å². The molecular weight excluding hydrogens is 494 g/mol. The van der Waals surface area contributed by atoms with Crippen LogP contribution in [0.4, 0.5) is 0 Å². The number of hydrogen-bond donors (Lipinski definition) is 1. The number of thioether (sulfide) groups is 1. The van der Waals surface area contributed by atoms with Crippen LogP contribution in [0.2, 0.25) is 0 Å². The SMILES string of the molecule is O=C(c1cccc(CSc2ccc(-c3ccccc3)nn2)c1)N1CCC(n2c(=O)[nH]c3ccccc32)CC1. The van der Waals surface area contributed by atoms with E-state index < -0.39 is 0 Å². The fourth-order valence-electron chi connectivity index (χ4n) is 5.06. The van der Waals surface area contributed by atoms with Gasteiger partial charge in [0.1, 0.15) is 5.03 Å². The van der Waals surface area contributed by atoms with Crippen molar-refractivity contribution < 1.29 is 4.79 Å². The molecule has 1 N–H and O–H groups in total. The normalized spacial score (nSPS) is 14.2. The van der Waals surface area contributed by atoms with E-state index in [1.165, 1.54) is 0 Å². The van der Waals surface area contributed by atoms with Gasteiger partial charge in [-0.3, -0.25) is 9.36 Å². The number of imidazole rings is 1. The number of nitrogens with zero attached hydrogens (tertiary/aromatic N) is 4. The predicted molar refractivity (Wildman–Crippen MR) is 150 cm³/mol. The van der Waals surface area contributed by atoms with Crippen LogP contribution in [-0.2, 0) is 5.75 Å². The van der Waals surface area contributed by atoms with Crippen LogP contribution in [0.3, 0.4) is 0 Å². The molecule has 0 bridgehead atoms. The van der Waals surface area contributed by atoms with Gasteiger partial charge in [0.05, 0.1) is 16.7 Å². The highest BCUT2D eigenvalue weighted by atomic mass is 32.2. The number of aromatic amines is 1. The fraction of sp³-hybridized carbons (Fsp3) is 0.200. The summed E-state index contributed by atoms with van der Waals surface area (Å²) >= 11 is 1.60. The van der Waals surface area contributed by atoms with Gasteiger partial charge in [0, 0.05) is 36.0 Å². The highest BCUT2D eigenvalue weighted by Gasteiger charge is 2.26. The van der Waals surface area contributed by atoms with E-state index in [4.69, 9.17) is 0 Å². The van der Waals surface area contributed by atoms with Crippen molar-refractivity contribution in [2.45, 2.75) is 29.7 Å². The predicted octanol–water partition coefficient (Wildman–Crippen LogP) is 5.56. The summed E-state index contributed by atoms with van der Waals surface area (Å²) in [6.45, 7) is 1.25. The number of carbonyl (C=O) groups is 1. The third-order valence-corrected chi connectivity index (χ3v) is 8.00. The first-order valence-electron chi connectivity index (χ1n) is 12.7. The molecule has 5 aromatic rings. The molecule has 1 fully saturated rings. The summed E-state index contributed by atoms with van der Waals surface area (Å²) < 4.78 is 1.85. The second kappa shape index (κ2) is 10.7. The summed E-state index contributed by atoms with van der Waals surface area (Å²) in [6.07, 6.45) is 1.50. The third-order valence-electron chi connectivity index (χ3n) is 7.01. The molecule has 3 aromatic carbocycles. The van der Waals surface area contributed by atoms with E-state index in [0.29, 0.717) is 24.4 Å². The molecule has 1 aliphatic heterocycles. The smallest absolute Gasteiger partial charge is 0.326 e. The molecule has 1 saturated heterocycles. The Balaban J connectivity index is 1.07. The first-order valence-corrected chi connectivity index (χ1v) is 13.7. The van der Waals surface area contributed by atoms with Gasteiger partial charge in [0.15, 0.2) is 0 Å². The molecule has 0 aliphatic carbocycles. The van der Waals surface area contributed by atoms with Gasteiger partial charge in [-0.05, 0) is 54.8 Å². The topological polar surface area (TPSA) is 83.9 Å². The lowest BCUT2D eigenvalue weighted by molar-refractivity contribution is 0.0695. The Labute approximate surface area is 224 Å². The molecule has 38 heavy (non-hydrogen) atoms. The van der Waals surface area contributed by atoms with Crippen LogP contribution < -0.4 is 5.69 Å². The molecule has 8 heteroatoms. The molecule has 0 unspecified atom stereocenters. The van der Waals surface area contributed by atoms with E-state index in [-0.39, 0.29) is 17.6 Å². The maximum absolute atomic E-state index is 13.3. The van der Waals surface area contributed by atoms with E-state index in [1.54, 1.807) is 11.8 Å². The summed E-state index contributed by atoms with van der Waals surface area (Å²) in [6, 6.07) is 29.6. The Morgan fingerprint density at radius 3 is 2.47 bits per heavy atom. The Morgan fingerprint density at radius 2 is 1.68 bits per heavy atom. The molecule has 7 nitrogen and oxygen atoms in total. The first kappa shape index (κ1) is 24.2. The minimum atomic E-state index is -0.0828. The molecule has 0 spiro atoms. The number of nitrogens with one attached hydrogen (secondary N) is 1. The van der Waals surface area contributed by atoms with Crippen molar-refractivity contribution in [2.24, 2.45) is 0 Å². The van der Waals surface area contributed by atoms with Crippen LogP contribution in [0, 0.1) is 0 Å². The van der Waals surface area contributed by atoms with Crippen molar-refractivity contribution >= 4 is 28.7 Å². The van der Waals surface area contributed by atoms with Gasteiger partial charge < -0.3 is 9.88 Å². The molecule has 0 atom stereocenters. The lowest BCUT2D eigenvalue weighted by atomic mass is 10.0. The zero-order valence-corrected chi connectivity index (χ0v) is 21.6. The Bertz CT molecular complexity index is 1620. The number of fused-ring (bicyclic) bond motifs is 1. The van der Waals surface area contributed by atoms with Crippen LogP contribution in [-0.4, -0.2) is 43.6 Å². The van der Waals surface area contributed by atoms with Gasteiger partial charge in [0.2, 0.25) is 0 Å². The minimum absolute atomic E-state index is 0.0357. The molecule has 0 radical (unpaired) electrons. The van der Waals surface area contributed by atoms with Crippen molar-refractivity contribution in [2.75, 3.05) is 13.1 Å². The minimum Gasteiger partial charge on any atom is -0.338 e. The largest absolute Gasteiger partial charge is 0.338 e. The zero-order valence-electron chi connectivity index (χ0n) is 20.8. The Kier molecular flexibility index (Phi) is 6.79. The summed E-state index contributed by atoms with van der Waals surface area (Å²) in [5, 5.41) is 9.57. The van der Waals surface area contributed by atoms with Crippen molar-refractivity contribution in [1.29, 1.82) is 0 Å². The van der Waals surface area contributed by atoms with Gasteiger partial charge in [-0.1, -0.05) is 66.4 Å². The van der Waals surface area contributed by atoms with E-state index in [2.05, 4.69) is 15.2 Å². The number of amides is 1. The van der Waals surface area contributed by atoms with Crippen molar-refractivity contribution in [3.8, 4) is 11.3 Å². The van der Waals surface area contributed by atoms with Crippen molar-refractivity contribution in [1.82, 2.24) is 24.6 Å². The molecule has 1 amide bonds. The van der Waals surface area contributed by atoms with Crippen LogP contribution in [0.5, 0.6) is 0 Å². The van der Waals surface area contributed by atoms with E-state index in [0.717, 1.165) is 45.7 Å². The molecule has 2 aromatic heterocycles. The number of rotatable bonds is 6. The standard InChI is InChI=1S/C30H27N5O2S/c36-29(34-17-15-24(16-18-34)35-27-12-5-4-11-26(27)31-30(35)37)23-10-6-7-21(19-23)20-38-28-14-13-25(32-33-28)22-8-2-1-3-9-22/h1-14,19,24H,15-18,20H2,(H,31,37). The number of piperidine rings is 1. The first-order chi connectivity index (χ1) is 18.7. The lowest BCUT2D eigenvalue weighted by Gasteiger charge is -2.32. The summed E-state index contributed by atoms with van der Waals surface area (Å²) in [4.78, 5) is 30.7. The van der Waals surface area contributed by atoms with Gasteiger partial charge in [0.25, 0.3) is 5.91 Å². The highest BCUT2D eigenvalue weighted by molar-refractivity contribution is 7.98.